The van der Waals surface area contributed by atoms with Gasteiger partial charge >= 0.3 is 0 Å². The fourth-order valence-electron chi connectivity index (χ4n) is 1.63. The number of methoxy groups -OCH3 is 1. The summed E-state index contributed by atoms with van der Waals surface area (Å²) in [6.07, 6.45) is 0.378. The lowest BCUT2D eigenvalue weighted by Gasteiger charge is -2.17. The van der Waals surface area contributed by atoms with Crippen molar-refractivity contribution < 1.29 is 14.9 Å². The zero-order chi connectivity index (χ0) is 12.8. The molecule has 0 spiro atoms. The zero-order valence-corrected chi connectivity index (χ0v) is 10.6. The van der Waals surface area contributed by atoms with Gasteiger partial charge in [0.1, 0.15) is 11.5 Å². The van der Waals surface area contributed by atoms with E-state index in [1.54, 1.807) is 26.2 Å². The molecule has 2 atom stereocenters. The molecular weight excluding hydrogens is 218 g/mol. The lowest BCUT2D eigenvalue weighted by molar-refractivity contribution is 0.182. The van der Waals surface area contributed by atoms with Crippen LogP contribution in [0.1, 0.15) is 31.9 Å². The third-order valence-electron chi connectivity index (χ3n) is 2.71. The maximum Gasteiger partial charge on any atom is 0.120 e. The average molecular weight is 239 g/mol. The first-order chi connectivity index (χ1) is 8.04. The predicted octanol–water partition coefficient (Wildman–Crippen LogP) is 1.82. The molecule has 0 aromatic heterocycles. The Morgan fingerprint density at radius 3 is 2.65 bits per heavy atom. The number of hydrogen-bond donors (Lipinski definition) is 3. The Labute approximate surface area is 102 Å². The van der Waals surface area contributed by atoms with Crippen molar-refractivity contribution >= 4 is 0 Å². The summed E-state index contributed by atoms with van der Waals surface area (Å²) in [7, 11) is 1.60. The van der Waals surface area contributed by atoms with Gasteiger partial charge in [-0.2, -0.15) is 0 Å². The van der Waals surface area contributed by atoms with Crippen LogP contribution in [-0.4, -0.2) is 30.0 Å². The van der Waals surface area contributed by atoms with Gasteiger partial charge in [0.15, 0.2) is 0 Å². The van der Waals surface area contributed by atoms with Crippen LogP contribution in [0, 0.1) is 0 Å². The summed E-state index contributed by atoms with van der Waals surface area (Å²) >= 11 is 0. The molecule has 0 radical (unpaired) electrons. The van der Waals surface area contributed by atoms with Crippen molar-refractivity contribution in [1.82, 2.24) is 5.32 Å². The molecule has 3 N–H and O–H groups in total. The number of benzene rings is 1. The number of nitrogens with one attached hydrogen (secondary N) is 1. The Balaban J connectivity index is 2.64. The molecule has 1 aromatic carbocycles. The molecule has 0 saturated carbocycles. The second-order valence-electron chi connectivity index (χ2n) is 4.24. The lowest BCUT2D eigenvalue weighted by Crippen LogP contribution is -2.22. The molecule has 0 fully saturated rings. The molecular formula is C13H21NO3. The Bertz CT molecular complexity index is 353. The van der Waals surface area contributed by atoms with Crippen LogP contribution in [0.2, 0.25) is 0 Å². The van der Waals surface area contributed by atoms with Gasteiger partial charge in [0, 0.05) is 11.6 Å². The van der Waals surface area contributed by atoms with E-state index in [-0.39, 0.29) is 17.9 Å². The minimum atomic E-state index is -0.311. The maximum atomic E-state index is 9.76. The highest BCUT2D eigenvalue weighted by Crippen LogP contribution is 2.28. The molecule has 17 heavy (non-hydrogen) atoms. The summed E-state index contributed by atoms with van der Waals surface area (Å²) in [6, 6.07) is 5.18. The molecule has 2 unspecified atom stereocenters. The van der Waals surface area contributed by atoms with Crippen LogP contribution in [0.5, 0.6) is 11.5 Å². The van der Waals surface area contributed by atoms with Crippen molar-refractivity contribution in [3.63, 3.8) is 0 Å². The van der Waals surface area contributed by atoms with Gasteiger partial charge in [-0.15, -0.1) is 0 Å². The van der Waals surface area contributed by atoms with E-state index >= 15 is 0 Å². The van der Waals surface area contributed by atoms with Crippen molar-refractivity contribution in [2.45, 2.75) is 32.4 Å². The number of phenolic OH excluding ortho intramolecular Hbond substituents is 1. The van der Waals surface area contributed by atoms with Crippen LogP contribution in [0.25, 0.3) is 0 Å². The molecule has 1 aromatic rings. The van der Waals surface area contributed by atoms with E-state index in [2.05, 4.69) is 5.32 Å². The summed E-state index contributed by atoms with van der Waals surface area (Å²) in [4.78, 5) is 0. The standard InChI is InChI=1S/C13H21NO3/c1-9(15)6-7-14-10(2)12-8-11(17-3)4-5-13(12)16/h4-5,8-10,14-16H,6-7H2,1-3H3. The SMILES string of the molecule is COc1ccc(O)c(C(C)NCCC(C)O)c1. The minimum Gasteiger partial charge on any atom is -0.508 e. The highest BCUT2D eigenvalue weighted by molar-refractivity contribution is 5.41. The topological polar surface area (TPSA) is 61.7 Å². The molecule has 4 heteroatoms. The van der Waals surface area contributed by atoms with E-state index < -0.39 is 0 Å². The average Bonchev–Trinajstić information content (AvgIpc) is 2.29. The van der Waals surface area contributed by atoms with Crippen molar-refractivity contribution in [2.24, 2.45) is 0 Å². The summed E-state index contributed by atoms with van der Waals surface area (Å²) in [5, 5.41) is 22.2. The van der Waals surface area contributed by atoms with Crippen molar-refractivity contribution in [3.8, 4) is 11.5 Å². The fraction of sp³-hybridized carbons (Fsp3) is 0.538. The number of phenols is 1. The summed E-state index contributed by atoms with van der Waals surface area (Å²) in [6.45, 7) is 4.43. The van der Waals surface area contributed by atoms with Crippen molar-refractivity contribution in [2.75, 3.05) is 13.7 Å². The molecule has 0 amide bonds. The highest BCUT2D eigenvalue weighted by atomic mass is 16.5. The quantitative estimate of drug-likeness (QED) is 0.708. The lowest BCUT2D eigenvalue weighted by atomic mass is 10.1. The first kappa shape index (κ1) is 13.8. The molecule has 4 nitrogen and oxygen atoms in total. The molecule has 0 heterocycles. The predicted molar refractivity (Wildman–Crippen MR) is 67.4 cm³/mol. The number of aromatic hydroxyl groups is 1. The number of rotatable bonds is 6. The van der Waals surface area contributed by atoms with E-state index in [1.807, 2.05) is 13.0 Å². The summed E-state index contributed by atoms with van der Waals surface area (Å²) in [5.41, 5.74) is 0.801. The minimum absolute atomic E-state index is 0.0175. The monoisotopic (exact) mass is 239 g/mol. The second kappa shape index (κ2) is 6.47. The fourth-order valence-corrected chi connectivity index (χ4v) is 1.63. The zero-order valence-electron chi connectivity index (χ0n) is 10.6. The van der Waals surface area contributed by atoms with Crippen molar-refractivity contribution in [3.05, 3.63) is 23.8 Å². The highest BCUT2D eigenvalue weighted by Gasteiger charge is 2.11. The van der Waals surface area contributed by atoms with Crippen LogP contribution >= 0.6 is 0 Å². The largest absolute Gasteiger partial charge is 0.508 e. The van der Waals surface area contributed by atoms with Crippen LogP contribution in [0.4, 0.5) is 0 Å². The second-order valence-corrected chi connectivity index (χ2v) is 4.24. The molecule has 0 aliphatic heterocycles. The number of aliphatic hydroxyl groups excluding tert-OH is 1. The normalized spacial score (nSPS) is 14.4. The number of ether oxygens (including phenoxy) is 1. The Hall–Kier alpha value is -1.26. The van der Waals surface area contributed by atoms with E-state index in [9.17, 15) is 5.11 Å². The molecule has 0 aliphatic carbocycles. The van der Waals surface area contributed by atoms with Crippen molar-refractivity contribution in [1.29, 1.82) is 0 Å². The first-order valence-corrected chi connectivity index (χ1v) is 5.83. The Morgan fingerprint density at radius 2 is 2.06 bits per heavy atom. The molecule has 0 saturated heterocycles. The van der Waals surface area contributed by atoms with E-state index in [4.69, 9.17) is 9.84 Å². The van der Waals surface area contributed by atoms with Gasteiger partial charge in [0.05, 0.1) is 13.2 Å². The Kier molecular flexibility index (Phi) is 5.25. The summed E-state index contributed by atoms with van der Waals surface area (Å²) in [5.74, 6) is 0.977. The van der Waals surface area contributed by atoms with Crippen LogP contribution in [-0.2, 0) is 0 Å². The number of hydrogen-bond acceptors (Lipinski definition) is 4. The van der Waals surface area contributed by atoms with Gasteiger partial charge in [-0.25, -0.2) is 0 Å². The van der Waals surface area contributed by atoms with Gasteiger partial charge in [-0.3, -0.25) is 0 Å². The Morgan fingerprint density at radius 1 is 1.35 bits per heavy atom. The smallest absolute Gasteiger partial charge is 0.120 e. The first-order valence-electron chi connectivity index (χ1n) is 5.83. The van der Waals surface area contributed by atoms with Gasteiger partial charge in [-0.1, -0.05) is 0 Å². The molecule has 0 bridgehead atoms. The number of aliphatic hydroxyl groups is 1. The third-order valence-corrected chi connectivity index (χ3v) is 2.71. The summed E-state index contributed by atoms with van der Waals surface area (Å²) < 4.78 is 5.12. The van der Waals surface area contributed by atoms with Gasteiger partial charge in [-0.05, 0) is 45.0 Å². The molecule has 0 aliphatic rings. The third kappa shape index (κ3) is 4.24. The van der Waals surface area contributed by atoms with Crippen LogP contribution in [0.3, 0.4) is 0 Å². The van der Waals surface area contributed by atoms with Gasteiger partial charge in [0.2, 0.25) is 0 Å². The van der Waals surface area contributed by atoms with Crippen LogP contribution in [0.15, 0.2) is 18.2 Å². The molecule has 96 valence electrons. The van der Waals surface area contributed by atoms with E-state index in [0.717, 1.165) is 11.3 Å². The van der Waals surface area contributed by atoms with Crippen LogP contribution < -0.4 is 10.1 Å². The van der Waals surface area contributed by atoms with Gasteiger partial charge in [0.25, 0.3) is 0 Å². The maximum absolute atomic E-state index is 9.76. The molecule has 1 rings (SSSR count). The van der Waals surface area contributed by atoms with E-state index in [1.165, 1.54) is 0 Å². The van der Waals surface area contributed by atoms with E-state index in [0.29, 0.717) is 13.0 Å². The van der Waals surface area contributed by atoms with Gasteiger partial charge < -0.3 is 20.3 Å².